The van der Waals surface area contributed by atoms with Crippen LogP contribution in [0.2, 0.25) is 0 Å². The molecule has 0 radical (unpaired) electrons. The van der Waals surface area contributed by atoms with E-state index in [1.54, 1.807) is 53.0 Å². The third-order valence-corrected chi connectivity index (χ3v) is 12.1. The Morgan fingerprint density at radius 2 is 1.23 bits per heavy atom. The zero-order valence-corrected chi connectivity index (χ0v) is 43.0. The average Bonchev–Trinajstić information content (AvgIpc) is 3.30. The summed E-state index contributed by atoms with van der Waals surface area (Å²) in [4.78, 5) is 149. The number of phosphoric acid groups is 1. The zero-order chi connectivity index (χ0) is 55.2. The smallest absolute Gasteiger partial charge is 0.481 e. The van der Waals surface area contributed by atoms with Crippen LogP contribution in [0.25, 0.3) is 0 Å². The second-order valence-corrected chi connectivity index (χ2v) is 20.0. The fraction of sp³-hybridized carbons (Fsp3) is 0.522. The standard InChI is InChI=1S/C46H68N9O16PS/c1-24(2)20-32(40(60)49-23-36(57)50-31(46(66)67)16-17-37(58)59)52-43(63)34(22-35(47)56)54-42(62)33(21-27-12-14-29(15-13-27)71-72(68,69)70)53-41(61)30(18-19-73-6)51-45(65)39(25(3)4)55-44(64)38(48)26(5)28-10-8-7-9-11-28/h7-15,24-26,30-34,38-39H,16-23,48H2,1-6H3,(H2,47,56)(H,49,60)(H,50,57)(H,51,65)(H,52,63)(H,53,61)(H,54,62)(H,55,64)(H,58,59)(H,66,67)(H2,68,69,70)/t26?,30-,31+,32+,33+,34+,38+,39+/m1/s1. The number of rotatable bonds is 32. The summed E-state index contributed by atoms with van der Waals surface area (Å²) in [6.45, 7) is 7.70. The van der Waals surface area contributed by atoms with Crippen LogP contribution in [0.5, 0.6) is 5.75 Å². The molecule has 2 aromatic carbocycles. The molecule has 1 unspecified atom stereocenters. The Morgan fingerprint density at radius 1 is 0.671 bits per heavy atom. The highest BCUT2D eigenvalue weighted by Crippen LogP contribution is 2.37. The number of hydrogen-bond acceptors (Lipinski definition) is 14. The molecule has 0 saturated heterocycles. The molecule has 73 heavy (non-hydrogen) atoms. The monoisotopic (exact) mass is 1070 g/mol. The van der Waals surface area contributed by atoms with Crippen molar-refractivity contribution in [3.05, 3.63) is 65.7 Å². The number of thioether (sulfide) groups is 1. The fourth-order valence-corrected chi connectivity index (χ4v) is 7.87. The molecule has 8 amide bonds. The van der Waals surface area contributed by atoms with Crippen molar-refractivity contribution < 1.29 is 77.0 Å². The van der Waals surface area contributed by atoms with Gasteiger partial charge in [-0.2, -0.15) is 11.8 Å². The normalized spacial score (nSPS) is 14.6. The lowest BCUT2D eigenvalue weighted by molar-refractivity contribution is -0.143. The second kappa shape index (κ2) is 30.4. The zero-order valence-electron chi connectivity index (χ0n) is 41.3. The summed E-state index contributed by atoms with van der Waals surface area (Å²) in [5, 5.41) is 35.4. The van der Waals surface area contributed by atoms with E-state index < -0.39 is 147 Å². The molecule has 404 valence electrons. The van der Waals surface area contributed by atoms with Gasteiger partial charge in [0.05, 0.1) is 19.0 Å². The Labute approximate surface area is 426 Å². The maximum absolute atomic E-state index is 14.3. The minimum absolute atomic E-state index is 0.0172. The van der Waals surface area contributed by atoms with Crippen LogP contribution in [0, 0.1) is 11.8 Å². The molecule has 0 heterocycles. The Morgan fingerprint density at radius 3 is 1.77 bits per heavy atom. The average molecular weight is 1070 g/mol. The van der Waals surface area contributed by atoms with E-state index in [2.05, 4.69) is 41.7 Å². The molecule has 27 heteroatoms. The fourth-order valence-electron chi connectivity index (χ4n) is 7.00. The molecule has 0 spiro atoms. The van der Waals surface area contributed by atoms with Gasteiger partial charge in [-0.1, -0.05) is 77.1 Å². The summed E-state index contributed by atoms with van der Waals surface area (Å²) in [6.07, 6.45) is -0.518. The highest BCUT2D eigenvalue weighted by molar-refractivity contribution is 7.98. The maximum atomic E-state index is 14.3. The highest BCUT2D eigenvalue weighted by Gasteiger charge is 2.35. The van der Waals surface area contributed by atoms with Crippen LogP contribution in [0.3, 0.4) is 0 Å². The number of nitrogens with one attached hydrogen (secondary N) is 7. The van der Waals surface area contributed by atoms with E-state index in [-0.39, 0.29) is 36.5 Å². The van der Waals surface area contributed by atoms with Gasteiger partial charge in [-0.15, -0.1) is 0 Å². The molecule has 25 nitrogen and oxygen atoms in total. The number of primary amides is 1. The van der Waals surface area contributed by atoms with E-state index in [9.17, 15) is 67.4 Å². The van der Waals surface area contributed by atoms with Crippen molar-refractivity contribution in [3.63, 3.8) is 0 Å². The van der Waals surface area contributed by atoms with Crippen LogP contribution in [0.1, 0.15) is 83.8 Å². The first-order chi connectivity index (χ1) is 34.1. The number of carbonyl (C=O) groups is 10. The maximum Gasteiger partial charge on any atom is 0.524 e. The number of carboxylic acid groups (broad SMARTS) is 2. The van der Waals surface area contributed by atoms with E-state index in [0.717, 1.165) is 5.56 Å². The quantitative estimate of drug-likeness (QED) is 0.0396. The van der Waals surface area contributed by atoms with Gasteiger partial charge in [-0.3, -0.25) is 52.9 Å². The Balaban J connectivity index is 2.45. The molecule has 0 aromatic heterocycles. The topological polar surface area (TPSA) is 414 Å². The second-order valence-electron chi connectivity index (χ2n) is 17.8. The van der Waals surface area contributed by atoms with Crippen molar-refractivity contribution in [2.24, 2.45) is 23.3 Å². The van der Waals surface area contributed by atoms with Gasteiger partial charge in [-0.05, 0) is 66.4 Å². The lowest BCUT2D eigenvalue weighted by Gasteiger charge is -2.29. The van der Waals surface area contributed by atoms with E-state index in [0.29, 0.717) is 5.75 Å². The lowest BCUT2D eigenvalue weighted by Crippen LogP contribution is -2.61. The molecule has 8 atom stereocenters. The van der Waals surface area contributed by atoms with Crippen molar-refractivity contribution >= 4 is 78.8 Å². The first kappa shape index (κ1) is 62.5. The van der Waals surface area contributed by atoms with Crippen LogP contribution in [0.15, 0.2) is 54.6 Å². The molecule has 0 fully saturated rings. The summed E-state index contributed by atoms with van der Waals surface area (Å²) in [7, 11) is -4.97. The minimum Gasteiger partial charge on any atom is -0.481 e. The Kier molecular flexibility index (Phi) is 26.1. The van der Waals surface area contributed by atoms with Gasteiger partial charge in [0.15, 0.2) is 0 Å². The van der Waals surface area contributed by atoms with Crippen LogP contribution in [-0.4, -0.2) is 140 Å². The van der Waals surface area contributed by atoms with Gasteiger partial charge < -0.3 is 63.4 Å². The number of nitrogens with two attached hydrogens (primary N) is 2. The molecule has 0 bridgehead atoms. The number of carbonyl (C=O) groups excluding carboxylic acids is 8. The van der Waals surface area contributed by atoms with Gasteiger partial charge in [0.2, 0.25) is 47.3 Å². The van der Waals surface area contributed by atoms with Crippen LogP contribution in [-0.2, 0) is 58.9 Å². The minimum atomic E-state index is -4.97. The molecule has 2 rings (SSSR count). The van der Waals surface area contributed by atoms with E-state index in [1.807, 2.05) is 18.2 Å². The van der Waals surface area contributed by atoms with E-state index in [1.165, 1.54) is 36.0 Å². The number of benzene rings is 2. The lowest BCUT2D eigenvalue weighted by atomic mass is 9.92. The van der Waals surface area contributed by atoms with Crippen LogP contribution < -0.4 is 53.2 Å². The number of amides is 8. The molecule has 0 aliphatic carbocycles. The SMILES string of the molecule is CSCC[C@@H](NC(=O)[C@@H](NC(=O)[C@@H](N)C(C)c1ccccc1)C(C)C)C(=O)N[C@@H](Cc1ccc(OP(=O)(O)O)cc1)C(=O)N[C@@H](CC(N)=O)C(=O)N[C@@H](CC(C)C)C(=O)NCC(=O)N[C@@H](CCC(=O)O)C(=O)O. The first-order valence-corrected chi connectivity index (χ1v) is 26.0. The molecule has 0 aliphatic heterocycles. The number of carboxylic acids is 2. The Hall–Kier alpha value is -6.60. The molecule has 0 saturated carbocycles. The van der Waals surface area contributed by atoms with Crippen molar-refractivity contribution in [1.29, 1.82) is 0 Å². The largest absolute Gasteiger partial charge is 0.524 e. The predicted octanol–water partition coefficient (Wildman–Crippen LogP) is -0.863. The third-order valence-electron chi connectivity index (χ3n) is 11.0. The van der Waals surface area contributed by atoms with E-state index in [4.69, 9.17) is 16.6 Å². The summed E-state index contributed by atoms with van der Waals surface area (Å²) < 4.78 is 16.1. The van der Waals surface area contributed by atoms with E-state index >= 15 is 0 Å². The number of hydrogen-bond donors (Lipinski definition) is 13. The summed E-state index contributed by atoms with van der Waals surface area (Å²) >= 11 is 1.34. The molecule has 2 aromatic rings. The van der Waals surface area contributed by atoms with Crippen LogP contribution in [0.4, 0.5) is 0 Å². The van der Waals surface area contributed by atoms with Crippen molar-refractivity contribution in [2.45, 2.75) is 121 Å². The summed E-state index contributed by atoms with van der Waals surface area (Å²) in [5.41, 5.74) is 12.9. The molecule has 0 aliphatic rings. The van der Waals surface area contributed by atoms with Gasteiger partial charge >= 0.3 is 19.8 Å². The summed E-state index contributed by atoms with van der Waals surface area (Å²) in [5.74, 6) is -11.4. The van der Waals surface area contributed by atoms with Crippen molar-refractivity contribution in [2.75, 3.05) is 18.6 Å². The molecular weight excluding hydrogens is 998 g/mol. The first-order valence-electron chi connectivity index (χ1n) is 23.1. The van der Waals surface area contributed by atoms with Gasteiger partial charge in [0.1, 0.15) is 42.0 Å². The van der Waals surface area contributed by atoms with Crippen LogP contribution >= 0.6 is 19.6 Å². The molecule has 15 N–H and O–H groups in total. The van der Waals surface area contributed by atoms with Gasteiger partial charge in [0, 0.05) is 18.8 Å². The third kappa shape index (κ3) is 23.2. The van der Waals surface area contributed by atoms with Gasteiger partial charge in [-0.25, -0.2) is 9.36 Å². The van der Waals surface area contributed by atoms with Gasteiger partial charge in [0.25, 0.3) is 0 Å². The number of phosphoric ester groups is 1. The molecular formula is C46H68N9O16PS. The summed E-state index contributed by atoms with van der Waals surface area (Å²) in [6, 6.07) is 4.07. The Bertz CT molecular complexity index is 2290. The highest BCUT2D eigenvalue weighted by atomic mass is 32.2. The van der Waals surface area contributed by atoms with Crippen molar-refractivity contribution in [3.8, 4) is 5.75 Å². The van der Waals surface area contributed by atoms with Crippen molar-refractivity contribution in [1.82, 2.24) is 37.2 Å². The predicted molar refractivity (Wildman–Crippen MR) is 266 cm³/mol. The number of aliphatic carboxylic acids is 2.